The van der Waals surface area contributed by atoms with Gasteiger partial charge in [0.15, 0.2) is 5.13 Å². The first-order chi connectivity index (χ1) is 14.5. The minimum absolute atomic E-state index is 0.0982. The van der Waals surface area contributed by atoms with Gasteiger partial charge in [-0.05, 0) is 24.3 Å². The fourth-order valence-corrected chi connectivity index (χ4v) is 3.96. The summed E-state index contributed by atoms with van der Waals surface area (Å²) in [5.41, 5.74) is -0.845. The fourth-order valence-electron chi connectivity index (χ4n) is 3.05. The molecule has 0 spiro atoms. The highest BCUT2D eigenvalue weighted by Crippen LogP contribution is 2.34. The largest absolute Gasteiger partial charge is 0.522 e. The van der Waals surface area contributed by atoms with Gasteiger partial charge in [-0.1, -0.05) is 11.3 Å². The molecule has 3 rings (SSSR count). The molecule has 1 aliphatic heterocycles. The highest BCUT2D eigenvalue weighted by Gasteiger charge is 2.39. The number of nitrogens with zero attached hydrogens (tertiary/aromatic N) is 2. The van der Waals surface area contributed by atoms with Crippen LogP contribution in [0, 0.1) is 0 Å². The number of carbonyl (C=O) groups excluding carboxylic acids is 1. The average Bonchev–Trinajstić information content (AvgIpc) is 3.32. The summed E-state index contributed by atoms with van der Waals surface area (Å²) in [5.74, 6) is -0.492. The van der Waals surface area contributed by atoms with Crippen molar-refractivity contribution in [3.05, 3.63) is 40.9 Å². The van der Waals surface area contributed by atoms with Crippen LogP contribution in [0.15, 0.2) is 30.5 Å². The number of methoxy groups -OCH3 is 1. The molecule has 2 atom stereocenters. The highest BCUT2D eigenvalue weighted by molar-refractivity contribution is 7.17. The van der Waals surface area contributed by atoms with E-state index in [4.69, 9.17) is 4.74 Å². The Kier molecular flexibility index (Phi) is 6.65. The van der Waals surface area contributed by atoms with Crippen molar-refractivity contribution >= 4 is 22.4 Å². The van der Waals surface area contributed by atoms with Gasteiger partial charge in [-0.15, -0.1) is 13.2 Å². The van der Waals surface area contributed by atoms with Crippen LogP contribution in [0.5, 0.6) is 5.75 Å². The molecule has 1 fully saturated rings. The number of anilines is 1. The molecule has 0 radical (unpaired) electrons. The van der Waals surface area contributed by atoms with Crippen molar-refractivity contribution in [2.45, 2.75) is 31.1 Å². The topological polar surface area (TPSA) is 60.9 Å². The molecular weight excluding hydrogens is 454 g/mol. The van der Waals surface area contributed by atoms with E-state index >= 15 is 0 Å². The quantitative estimate of drug-likeness (QED) is 0.458. The molecule has 6 nitrogen and oxygen atoms in total. The van der Waals surface area contributed by atoms with Crippen LogP contribution in [0.1, 0.15) is 21.7 Å². The van der Waals surface area contributed by atoms with Gasteiger partial charge in [-0.3, -0.25) is 4.74 Å². The van der Waals surface area contributed by atoms with E-state index in [1.54, 1.807) is 0 Å². The van der Waals surface area contributed by atoms with Crippen molar-refractivity contribution < 1.29 is 45.3 Å². The number of aromatic nitrogens is 1. The maximum Gasteiger partial charge on any atom is 0.522 e. The zero-order chi connectivity index (χ0) is 22.8. The van der Waals surface area contributed by atoms with Gasteiger partial charge >= 0.3 is 18.5 Å². The van der Waals surface area contributed by atoms with Gasteiger partial charge in [-0.25, -0.2) is 9.78 Å². The molecule has 1 saturated heterocycles. The molecule has 0 saturated carbocycles. The monoisotopic (exact) mass is 470 g/mol. The zero-order valence-corrected chi connectivity index (χ0v) is 16.7. The lowest BCUT2D eigenvalue weighted by Crippen LogP contribution is -2.35. The predicted octanol–water partition coefficient (Wildman–Crippen LogP) is 4.51. The number of rotatable bonds is 6. The van der Waals surface area contributed by atoms with Crippen molar-refractivity contribution in [2.24, 2.45) is 0 Å². The first-order valence-corrected chi connectivity index (χ1v) is 9.63. The Morgan fingerprint density at radius 2 is 1.87 bits per heavy atom. The molecule has 13 heteroatoms. The van der Waals surface area contributed by atoms with Gasteiger partial charge in [0, 0.05) is 6.42 Å². The van der Waals surface area contributed by atoms with Crippen LogP contribution in [0.3, 0.4) is 0 Å². The summed E-state index contributed by atoms with van der Waals surface area (Å²) in [7, 11) is 1.19. The number of benzene rings is 1. The van der Waals surface area contributed by atoms with Crippen molar-refractivity contribution in [2.75, 3.05) is 25.2 Å². The summed E-state index contributed by atoms with van der Waals surface area (Å²) < 4.78 is 89.9. The molecule has 2 heterocycles. The third-order valence-electron chi connectivity index (χ3n) is 4.43. The van der Waals surface area contributed by atoms with Gasteiger partial charge in [0.2, 0.25) is 0 Å². The summed E-state index contributed by atoms with van der Waals surface area (Å²) in [4.78, 5) is 17.4. The number of hydrogen-bond acceptors (Lipinski definition) is 7. The van der Waals surface area contributed by atoms with Gasteiger partial charge in [0.1, 0.15) is 16.7 Å². The van der Waals surface area contributed by atoms with Crippen LogP contribution in [0.4, 0.5) is 31.5 Å². The van der Waals surface area contributed by atoms with Crippen LogP contribution in [-0.4, -0.2) is 49.7 Å². The Balaban J connectivity index is 1.74. The van der Waals surface area contributed by atoms with E-state index < -0.39 is 42.8 Å². The molecular formula is C18H16F6N2O4S. The van der Waals surface area contributed by atoms with Crippen molar-refractivity contribution in [3.8, 4) is 5.75 Å². The summed E-state index contributed by atoms with van der Waals surface area (Å²) in [6.07, 6.45) is -8.62. The van der Waals surface area contributed by atoms with E-state index in [-0.39, 0.29) is 28.7 Å². The molecule has 0 N–H and O–H groups in total. The van der Waals surface area contributed by atoms with Crippen LogP contribution >= 0.6 is 11.3 Å². The van der Waals surface area contributed by atoms with Crippen LogP contribution < -0.4 is 9.64 Å². The first-order valence-electron chi connectivity index (χ1n) is 8.81. The molecule has 0 aliphatic carbocycles. The third kappa shape index (κ3) is 6.00. The van der Waals surface area contributed by atoms with E-state index in [0.717, 1.165) is 35.6 Å². The lowest BCUT2D eigenvalue weighted by Gasteiger charge is -2.23. The number of hydrogen-bond donors (Lipinski definition) is 0. The highest BCUT2D eigenvalue weighted by atomic mass is 32.1. The first kappa shape index (κ1) is 23.1. The Morgan fingerprint density at radius 3 is 2.45 bits per heavy atom. The van der Waals surface area contributed by atoms with Crippen LogP contribution in [0.25, 0.3) is 0 Å². The normalized spacial score (nSPS) is 19.5. The van der Waals surface area contributed by atoms with E-state index in [2.05, 4.69) is 14.5 Å². The van der Waals surface area contributed by atoms with Crippen molar-refractivity contribution in [3.63, 3.8) is 0 Å². The number of esters is 1. The fraction of sp³-hybridized carbons (Fsp3) is 0.444. The van der Waals surface area contributed by atoms with E-state index in [9.17, 15) is 31.1 Å². The Labute approximate surface area is 176 Å². The number of halogens is 6. The molecule has 1 aromatic heterocycles. The second-order valence-electron chi connectivity index (χ2n) is 6.56. The van der Waals surface area contributed by atoms with Crippen molar-refractivity contribution in [1.82, 2.24) is 4.98 Å². The maximum atomic E-state index is 12.7. The lowest BCUT2D eigenvalue weighted by molar-refractivity contribution is -0.325. The smallest absolute Gasteiger partial charge is 0.489 e. The second-order valence-corrected chi connectivity index (χ2v) is 7.57. The van der Waals surface area contributed by atoms with Gasteiger partial charge < -0.3 is 14.4 Å². The van der Waals surface area contributed by atoms with Crippen LogP contribution in [0.2, 0.25) is 0 Å². The summed E-state index contributed by atoms with van der Waals surface area (Å²) in [6.45, 7) is -0.607. The Bertz CT molecular complexity index is 900. The molecule has 1 aliphatic rings. The van der Waals surface area contributed by atoms with E-state index in [0.29, 0.717) is 0 Å². The summed E-state index contributed by atoms with van der Waals surface area (Å²) in [5, 5.41) is 0.273. The summed E-state index contributed by atoms with van der Waals surface area (Å²) >= 11 is 0.936. The number of carbonyl (C=O) groups is 1. The van der Waals surface area contributed by atoms with Crippen molar-refractivity contribution in [1.29, 1.82) is 0 Å². The molecule has 2 aromatic rings. The van der Waals surface area contributed by atoms with E-state index in [1.807, 2.05) is 0 Å². The van der Waals surface area contributed by atoms with E-state index in [1.165, 1.54) is 18.2 Å². The summed E-state index contributed by atoms with van der Waals surface area (Å²) in [6, 6.07) is 3.22. The molecule has 170 valence electrons. The zero-order valence-electron chi connectivity index (χ0n) is 15.9. The predicted molar refractivity (Wildman–Crippen MR) is 97.1 cm³/mol. The number of alkyl halides is 6. The van der Waals surface area contributed by atoms with Gasteiger partial charge in [0.05, 0.1) is 38.1 Å². The Morgan fingerprint density at radius 1 is 1.19 bits per heavy atom. The SMILES string of the molecule is COC(=O)c1cnc(N2C[C@@H](Oc3ccc(C(F)(F)F)cc3)C[C@H]2COC(F)(F)F)s1. The molecule has 31 heavy (non-hydrogen) atoms. The van der Waals surface area contributed by atoms with Gasteiger partial charge in [-0.2, -0.15) is 13.2 Å². The molecule has 0 amide bonds. The number of ether oxygens (including phenoxy) is 3. The second kappa shape index (κ2) is 8.91. The number of thiazole rings is 1. The Hall–Kier alpha value is -2.54. The minimum atomic E-state index is -4.84. The third-order valence-corrected chi connectivity index (χ3v) is 5.44. The maximum absolute atomic E-state index is 12.7. The standard InChI is InChI=1S/C18H16F6N2O4S/c1-28-15(27)14-7-25-16(31-14)26-8-13(6-11(26)9-29-18(22,23)24)30-12-4-2-10(3-5-12)17(19,20)21/h2-5,7,11,13H,6,8-9H2,1H3/t11-,13-/m0/s1. The molecule has 0 unspecified atom stereocenters. The molecule has 1 aromatic carbocycles. The minimum Gasteiger partial charge on any atom is -0.489 e. The van der Waals surface area contributed by atoms with Gasteiger partial charge in [0.25, 0.3) is 0 Å². The lowest BCUT2D eigenvalue weighted by atomic mass is 10.2. The van der Waals surface area contributed by atoms with Crippen LogP contribution in [-0.2, 0) is 15.7 Å². The molecule has 0 bridgehead atoms. The average molecular weight is 470 g/mol.